The van der Waals surface area contributed by atoms with Gasteiger partial charge in [0.2, 0.25) is 0 Å². The first-order chi connectivity index (χ1) is 7.22. The molecule has 78 valence electrons. The maximum absolute atomic E-state index is 9.57. The summed E-state index contributed by atoms with van der Waals surface area (Å²) in [5.41, 5.74) is -1.04. The number of aliphatic hydroxyl groups is 1. The molecule has 2 N–H and O–H groups in total. The third-order valence-electron chi connectivity index (χ3n) is 1.91. The number of oxime groups is 1. The van der Waals surface area contributed by atoms with Gasteiger partial charge in [0, 0.05) is 0 Å². The molecule has 15 heavy (non-hydrogen) atoms. The highest BCUT2D eigenvalue weighted by atomic mass is 16.5. The van der Waals surface area contributed by atoms with Crippen molar-refractivity contribution in [3.8, 4) is 11.8 Å². The molecule has 0 aromatic carbocycles. The molecule has 1 aromatic rings. The molecule has 0 radical (unpaired) electrons. The van der Waals surface area contributed by atoms with Gasteiger partial charge >= 0.3 is 0 Å². The minimum absolute atomic E-state index is 0.228. The number of hydrogen-bond acceptors (Lipinski definition) is 5. The number of rotatable bonds is 1. The van der Waals surface area contributed by atoms with E-state index in [1.54, 1.807) is 12.1 Å². The van der Waals surface area contributed by atoms with Gasteiger partial charge in [0.1, 0.15) is 12.0 Å². The number of hydrogen-bond donors (Lipinski definition) is 2. The molecule has 0 unspecified atom stereocenters. The summed E-state index contributed by atoms with van der Waals surface area (Å²) in [5.74, 6) is 6.13. The zero-order valence-electron chi connectivity index (χ0n) is 7.80. The summed E-state index contributed by atoms with van der Waals surface area (Å²) in [6.07, 6.45) is 1.16. The Kier molecular flexibility index (Phi) is 2.46. The summed E-state index contributed by atoms with van der Waals surface area (Å²) in [5, 5.41) is 20.6. The highest BCUT2D eigenvalue weighted by Gasteiger charge is 2.33. The van der Waals surface area contributed by atoms with Crippen LogP contribution in [0.1, 0.15) is 11.5 Å². The van der Waals surface area contributed by atoms with Gasteiger partial charge in [0.25, 0.3) is 0 Å². The van der Waals surface area contributed by atoms with E-state index in [4.69, 9.17) is 14.4 Å². The standard InChI is InChI=1S/C10H9NO4/c12-10(6-14-7-10)4-3-8-1-2-9(15-8)5-11-13/h1-2,5,12-13H,6-7H2/b11-5-. The Morgan fingerprint density at radius 1 is 1.47 bits per heavy atom. The summed E-state index contributed by atoms with van der Waals surface area (Å²) in [6.45, 7) is 0.456. The normalized spacial score (nSPS) is 18.2. The molecule has 0 bridgehead atoms. The Balaban J connectivity index is 2.10. The fraction of sp³-hybridized carbons (Fsp3) is 0.300. The van der Waals surface area contributed by atoms with E-state index in [-0.39, 0.29) is 13.2 Å². The smallest absolute Gasteiger partial charge is 0.177 e. The third kappa shape index (κ3) is 2.18. The molecule has 0 aliphatic carbocycles. The molecular formula is C10H9NO4. The lowest BCUT2D eigenvalue weighted by molar-refractivity contribution is -0.140. The van der Waals surface area contributed by atoms with Crippen LogP contribution in [0.2, 0.25) is 0 Å². The van der Waals surface area contributed by atoms with Crippen LogP contribution >= 0.6 is 0 Å². The topological polar surface area (TPSA) is 75.2 Å². The average molecular weight is 207 g/mol. The molecule has 0 amide bonds. The van der Waals surface area contributed by atoms with Crippen LogP contribution in [0, 0.1) is 11.8 Å². The lowest BCUT2D eigenvalue weighted by Crippen LogP contribution is -2.48. The van der Waals surface area contributed by atoms with Gasteiger partial charge in [-0.1, -0.05) is 11.1 Å². The second kappa shape index (κ2) is 3.77. The summed E-state index contributed by atoms with van der Waals surface area (Å²) < 4.78 is 9.99. The van der Waals surface area contributed by atoms with Crippen LogP contribution in [0.4, 0.5) is 0 Å². The fourth-order valence-electron chi connectivity index (χ4n) is 1.09. The van der Waals surface area contributed by atoms with Crippen molar-refractivity contribution in [2.75, 3.05) is 13.2 Å². The highest BCUT2D eigenvalue weighted by molar-refractivity contribution is 5.75. The number of furan rings is 1. The van der Waals surface area contributed by atoms with E-state index < -0.39 is 5.60 Å². The van der Waals surface area contributed by atoms with Crippen molar-refractivity contribution in [1.29, 1.82) is 0 Å². The zero-order valence-corrected chi connectivity index (χ0v) is 7.80. The first kappa shape index (κ1) is 9.77. The van der Waals surface area contributed by atoms with Crippen molar-refractivity contribution in [3.05, 3.63) is 23.7 Å². The van der Waals surface area contributed by atoms with Gasteiger partial charge in [-0.25, -0.2) is 0 Å². The molecule has 1 saturated heterocycles. The summed E-state index contributed by atoms with van der Waals surface area (Å²) in [4.78, 5) is 0. The predicted molar refractivity (Wildman–Crippen MR) is 50.7 cm³/mol. The average Bonchev–Trinajstić information content (AvgIpc) is 2.60. The van der Waals surface area contributed by atoms with Gasteiger partial charge in [0.05, 0.1) is 13.2 Å². The van der Waals surface area contributed by atoms with E-state index in [2.05, 4.69) is 17.0 Å². The Hall–Kier alpha value is -1.77. The van der Waals surface area contributed by atoms with Crippen LogP contribution in [-0.2, 0) is 4.74 Å². The van der Waals surface area contributed by atoms with Crippen LogP contribution in [0.25, 0.3) is 0 Å². The predicted octanol–water partition coefficient (Wildman–Crippen LogP) is 0.201. The molecule has 2 rings (SSSR count). The second-order valence-electron chi connectivity index (χ2n) is 3.22. The summed E-state index contributed by atoms with van der Waals surface area (Å²) in [6, 6.07) is 3.25. The first-order valence-electron chi connectivity index (χ1n) is 4.32. The van der Waals surface area contributed by atoms with Crippen molar-refractivity contribution in [1.82, 2.24) is 0 Å². The molecule has 1 aromatic heterocycles. The molecule has 0 atom stereocenters. The second-order valence-corrected chi connectivity index (χ2v) is 3.22. The zero-order chi connectivity index (χ0) is 10.7. The van der Waals surface area contributed by atoms with Gasteiger partial charge in [-0.2, -0.15) is 0 Å². The van der Waals surface area contributed by atoms with Crippen LogP contribution in [-0.4, -0.2) is 35.3 Å². The van der Waals surface area contributed by atoms with Crippen LogP contribution in [0.15, 0.2) is 21.7 Å². The molecule has 5 nitrogen and oxygen atoms in total. The van der Waals surface area contributed by atoms with Crippen LogP contribution in [0.5, 0.6) is 0 Å². The Bertz CT molecular complexity index is 434. The van der Waals surface area contributed by atoms with Gasteiger partial charge in [-0.15, -0.1) is 0 Å². The molecule has 0 spiro atoms. The molecule has 5 heteroatoms. The Morgan fingerprint density at radius 3 is 2.87 bits per heavy atom. The van der Waals surface area contributed by atoms with E-state index in [0.717, 1.165) is 6.21 Å². The largest absolute Gasteiger partial charge is 0.447 e. The Morgan fingerprint density at radius 2 is 2.27 bits per heavy atom. The van der Waals surface area contributed by atoms with Crippen molar-refractivity contribution >= 4 is 6.21 Å². The Labute approximate surface area is 86.0 Å². The van der Waals surface area contributed by atoms with E-state index in [9.17, 15) is 5.11 Å². The summed E-state index contributed by atoms with van der Waals surface area (Å²) >= 11 is 0. The van der Waals surface area contributed by atoms with E-state index in [1.807, 2.05) is 0 Å². The molecule has 1 aliphatic rings. The molecule has 0 saturated carbocycles. The monoisotopic (exact) mass is 207 g/mol. The van der Waals surface area contributed by atoms with E-state index in [0.29, 0.717) is 11.5 Å². The van der Waals surface area contributed by atoms with E-state index in [1.165, 1.54) is 0 Å². The minimum Gasteiger partial charge on any atom is -0.447 e. The molecule has 1 aliphatic heterocycles. The van der Waals surface area contributed by atoms with Crippen LogP contribution < -0.4 is 0 Å². The lowest BCUT2D eigenvalue weighted by Gasteiger charge is -2.30. The lowest BCUT2D eigenvalue weighted by atomic mass is 10.0. The van der Waals surface area contributed by atoms with Gasteiger partial charge in [-0.05, 0) is 18.1 Å². The van der Waals surface area contributed by atoms with Crippen molar-refractivity contribution in [2.45, 2.75) is 5.60 Å². The first-order valence-corrected chi connectivity index (χ1v) is 4.32. The third-order valence-corrected chi connectivity index (χ3v) is 1.91. The summed E-state index contributed by atoms with van der Waals surface area (Å²) in [7, 11) is 0. The molecular weight excluding hydrogens is 198 g/mol. The number of nitrogens with zero attached hydrogens (tertiary/aromatic N) is 1. The van der Waals surface area contributed by atoms with Crippen molar-refractivity contribution in [3.63, 3.8) is 0 Å². The fourth-order valence-corrected chi connectivity index (χ4v) is 1.09. The molecule has 2 heterocycles. The van der Waals surface area contributed by atoms with E-state index >= 15 is 0 Å². The maximum atomic E-state index is 9.57. The van der Waals surface area contributed by atoms with Crippen molar-refractivity contribution < 1.29 is 19.5 Å². The number of ether oxygens (including phenoxy) is 1. The van der Waals surface area contributed by atoms with Crippen molar-refractivity contribution in [2.24, 2.45) is 5.16 Å². The van der Waals surface area contributed by atoms with Gasteiger partial charge < -0.3 is 19.5 Å². The molecule has 1 fully saturated rings. The maximum Gasteiger partial charge on any atom is 0.177 e. The minimum atomic E-state index is -1.04. The van der Waals surface area contributed by atoms with Gasteiger partial charge in [-0.3, -0.25) is 0 Å². The highest BCUT2D eigenvalue weighted by Crippen LogP contribution is 2.15. The van der Waals surface area contributed by atoms with Crippen LogP contribution in [0.3, 0.4) is 0 Å². The van der Waals surface area contributed by atoms with Gasteiger partial charge in [0.15, 0.2) is 11.4 Å². The quantitative estimate of drug-likeness (QED) is 0.298. The SMILES string of the molecule is O/N=C\c1ccc(C#CC2(O)COC2)o1.